The van der Waals surface area contributed by atoms with Gasteiger partial charge in [-0.15, -0.1) is 0 Å². The van der Waals surface area contributed by atoms with E-state index in [0.717, 1.165) is 0 Å². The Bertz CT molecular complexity index is 951. The second kappa shape index (κ2) is 11.4. The zero-order valence-electron chi connectivity index (χ0n) is 15.3. The van der Waals surface area contributed by atoms with Crippen molar-refractivity contribution in [3.8, 4) is 0 Å². The number of anilines is 1. The van der Waals surface area contributed by atoms with Crippen LogP contribution in [0, 0.1) is 0 Å². The van der Waals surface area contributed by atoms with Crippen molar-refractivity contribution in [3.63, 3.8) is 0 Å². The number of carbonyl (C=O) groups is 4. The highest BCUT2D eigenvalue weighted by molar-refractivity contribution is 6.42. The van der Waals surface area contributed by atoms with Gasteiger partial charge in [-0.25, -0.2) is 0 Å². The molecule has 3 amide bonds. The van der Waals surface area contributed by atoms with Gasteiger partial charge in [0, 0.05) is 22.7 Å². The molecule has 0 bridgehead atoms. The fourth-order valence-electron chi connectivity index (χ4n) is 2.07. The third-order valence-corrected chi connectivity index (χ3v) is 4.54. The van der Waals surface area contributed by atoms with Gasteiger partial charge in [0.1, 0.15) is 0 Å². The number of hydrazine groups is 1. The average Bonchev–Trinajstić information content (AvgIpc) is 2.72. The van der Waals surface area contributed by atoms with Crippen molar-refractivity contribution in [3.05, 3.63) is 63.1 Å². The molecule has 3 N–H and O–H groups in total. The number of carbonyl (C=O) groups excluding carboxylic acids is 4. The third-order valence-electron chi connectivity index (χ3n) is 3.55. The Morgan fingerprint density at radius 2 is 1.50 bits per heavy atom. The molecule has 0 saturated heterocycles. The summed E-state index contributed by atoms with van der Waals surface area (Å²) in [6.45, 7) is -0.617. The fourth-order valence-corrected chi connectivity index (χ4v) is 2.49. The quantitative estimate of drug-likeness (QED) is 0.422. The van der Waals surface area contributed by atoms with Gasteiger partial charge in [0.25, 0.3) is 11.8 Å². The zero-order valence-corrected chi connectivity index (χ0v) is 17.6. The normalized spacial score (nSPS) is 10.1. The number of hydrogen-bond acceptors (Lipinski definition) is 5. The summed E-state index contributed by atoms with van der Waals surface area (Å²) in [5.41, 5.74) is 4.99. The van der Waals surface area contributed by atoms with Crippen LogP contribution in [0.4, 0.5) is 5.69 Å². The predicted octanol–water partition coefficient (Wildman–Crippen LogP) is 3.37. The number of halogens is 3. The van der Waals surface area contributed by atoms with Gasteiger partial charge in [-0.3, -0.25) is 30.0 Å². The second-order valence-corrected chi connectivity index (χ2v) is 7.10. The summed E-state index contributed by atoms with van der Waals surface area (Å²) in [6, 6.07) is 10.6. The van der Waals surface area contributed by atoms with Gasteiger partial charge < -0.3 is 10.1 Å². The highest BCUT2D eigenvalue weighted by atomic mass is 35.5. The van der Waals surface area contributed by atoms with Crippen molar-refractivity contribution in [2.24, 2.45) is 0 Å². The summed E-state index contributed by atoms with van der Waals surface area (Å²) in [7, 11) is 0. The van der Waals surface area contributed by atoms with E-state index >= 15 is 0 Å². The maximum absolute atomic E-state index is 11.9. The minimum absolute atomic E-state index is 0.159. The molecule has 0 aliphatic carbocycles. The molecule has 0 spiro atoms. The minimum atomic E-state index is -0.751. The number of amides is 3. The lowest BCUT2D eigenvalue weighted by Gasteiger charge is -2.09. The molecule has 0 radical (unpaired) electrons. The van der Waals surface area contributed by atoms with Crippen LogP contribution < -0.4 is 16.2 Å². The monoisotopic (exact) mass is 471 g/mol. The Labute approximate surface area is 186 Å². The molecule has 2 rings (SSSR count). The van der Waals surface area contributed by atoms with Crippen molar-refractivity contribution in [2.75, 3.05) is 11.9 Å². The lowest BCUT2D eigenvalue weighted by Crippen LogP contribution is -2.43. The molecule has 0 heterocycles. The Morgan fingerprint density at radius 3 is 2.17 bits per heavy atom. The summed E-state index contributed by atoms with van der Waals surface area (Å²) in [4.78, 5) is 47.0. The van der Waals surface area contributed by atoms with Gasteiger partial charge in [0.2, 0.25) is 5.91 Å². The molecule has 0 atom stereocenters. The first kappa shape index (κ1) is 23.5. The van der Waals surface area contributed by atoms with Gasteiger partial charge in [0.05, 0.1) is 16.5 Å². The average molecular weight is 473 g/mol. The predicted molar refractivity (Wildman–Crippen MR) is 112 cm³/mol. The maximum Gasteiger partial charge on any atom is 0.306 e. The first-order chi connectivity index (χ1) is 14.2. The van der Waals surface area contributed by atoms with Gasteiger partial charge >= 0.3 is 5.97 Å². The highest BCUT2D eigenvalue weighted by Gasteiger charge is 2.12. The molecular weight excluding hydrogens is 457 g/mol. The Balaban J connectivity index is 1.65. The van der Waals surface area contributed by atoms with E-state index in [0.29, 0.717) is 15.7 Å². The van der Waals surface area contributed by atoms with E-state index in [1.807, 2.05) is 0 Å². The molecule has 0 saturated carbocycles. The number of nitrogens with one attached hydrogen (secondary N) is 3. The minimum Gasteiger partial charge on any atom is -0.455 e. The first-order valence-corrected chi connectivity index (χ1v) is 9.63. The number of rotatable bonds is 7. The second-order valence-electron chi connectivity index (χ2n) is 5.85. The SMILES string of the molecule is O=C(COC(=O)CCC(=O)Nc1ccc(Cl)c(Cl)c1)NNC(=O)c1ccc(Cl)cc1. The van der Waals surface area contributed by atoms with Crippen molar-refractivity contribution in [1.82, 2.24) is 10.9 Å². The van der Waals surface area contributed by atoms with Gasteiger partial charge in [-0.05, 0) is 42.5 Å². The Morgan fingerprint density at radius 1 is 0.800 bits per heavy atom. The largest absolute Gasteiger partial charge is 0.455 e. The number of hydrogen-bond donors (Lipinski definition) is 3. The van der Waals surface area contributed by atoms with Crippen molar-refractivity contribution in [2.45, 2.75) is 12.8 Å². The smallest absolute Gasteiger partial charge is 0.306 e. The van der Waals surface area contributed by atoms with E-state index in [1.165, 1.54) is 36.4 Å². The summed E-state index contributed by atoms with van der Waals surface area (Å²) in [5.74, 6) is -2.50. The van der Waals surface area contributed by atoms with Crippen molar-refractivity contribution >= 4 is 64.2 Å². The molecule has 8 nitrogen and oxygen atoms in total. The zero-order chi connectivity index (χ0) is 22.1. The van der Waals surface area contributed by atoms with Crippen LogP contribution in [0.25, 0.3) is 0 Å². The third kappa shape index (κ3) is 7.90. The van der Waals surface area contributed by atoms with Crippen LogP contribution in [0.15, 0.2) is 42.5 Å². The number of esters is 1. The van der Waals surface area contributed by atoms with Crippen molar-refractivity contribution in [1.29, 1.82) is 0 Å². The van der Waals surface area contributed by atoms with Crippen LogP contribution in [0.3, 0.4) is 0 Å². The molecule has 0 unspecified atom stereocenters. The summed E-state index contributed by atoms with van der Waals surface area (Å²) in [6.07, 6.45) is -0.397. The van der Waals surface area contributed by atoms with Crippen LogP contribution in [0.2, 0.25) is 15.1 Å². The van der Waals surface area contributed by atoms with Crippen LogP contribution in [0.1, 0.15) is 23.2 Å². The molecule has 0 aliphatic heterocycles. The van der Waals surface area contributed by atoms with Crippen LogP contribution in [0.5, 0.6) is 0 Å². The molecule has 30 heavy (non-hydrogen) atoms. The van der Waals surface area contributed by atoms with E-state index in [-0.39, 0.29) is 23.4 Å². The van der Waals surface area contributed by atoms with Gasteiger partial charge in [-0.1, -0.05) is 34.8 Å². The number of ether oxygens (including phenoxy) is 1. The summed E-state index contributed by atoms with van der Waals surface area (Å²) >= 11 is 17.4. The molecule has 2 aromatic carbocycles. The molecule has 2 aromatic rings. The van der Waals surface area contributed by atoms with E-state index in [4.69, 9.17) is 39.5 Å². The van der Waals surface area contributed by atoms with E-state index < -0.39 is 30.3 Å². The standard InChI is InChI=1S/C19H16Cl3N3O5/c20-12-3-1-11(2-4-12)19(29)25-24-17(27)10-30-18(28)8-7-16(26)23-13-5-6-14(21)15(22)9-13/h1-6,9H,7-8,10H2,(H,23,26)(H,24,27)(H,25,29). The van der Waals surface area contributed by atoms with Gasteiger partial charge in [0.15, 0.2) is 6.61 Å². The molecule has 158 valence electrons. The topological polar surface area (TPSA) is 114 Å². The molecule has 0 aromatic heterocycles. The Kier molecular flexibility index (Phi) is 8.91. The maximum atomic E-state index is 11.9. The van der Waals surface area contributed by atoms with Gasteiger partial charge in [-0.2, -0.15) is 0 Å². The molecule has 0 fully saturated rings. The van der Waals surface area contributed by atoms with E-state index in [2.05, 4.69) is 16.2 Å². The van der Waals surface area contributed by atoms with Crippen LogP contribution in [-0.4, -0.2) is 30.3 Å². The molecular formula is C19H16Cl3N3O5. The first-order valence-electron chi connectivity index (χ1n) is 8.50. The van der Waals surface area contributed by atoms with Crippen molar-refractivity contribution < 1.29 is 23.9 Å². The lowest BCUT2D eigenvalue weighted by atomic mass is 10.2. The molecule has 0 aliphatic rings. The fraction of sp³-hybridized carbons (Fsp3) is 0.158. The van der Waals surface area contributed by atoms with Crippen LogP contribution in [-0.2, 0) is 19.1 Å². The van der Waals surface area contributed by atoms with Crippen LogP contribution >= 0.6 is 34.8 Å². The van der Waals surface area contributed by atoms with E-state index in [1.54, 1.807) is 6.07 Å². The summed E-state index contributed by atoms with van der Waals surface area (Å²) < 4.78 is 4.75. The summed E-state index contributed by atoms with van der Waals surface area (Å²) in [5, 5.41) is 3.65. The molecule has 11 heteroatoms. The highest BCUT2D eigenvalue weighted by Crippen LogP contribution is 2.25. The lowest BCUT2D eigenvalue weighted by molar-refractivity contribution is -0.149. The Hall–Kier alpha value is -2.81. The number of benzene rings is 2. The van der Waals surface area contributed by atoms with E-state index in [9.17, 15) is 19.2 Å².